The lowest BCUT2D eigenvalue weighted by atomic mass is 10.2. The molecule has 0 saturated carbocycles. The second-order valence-corrected chi connectivity index (χ2v) is 3.36. The summed E-state index contributed by atoms with van der Waals surface area (Å²) >= 11 is 0. The van der Waals surface area contributed by atoms with E-state index in [0.29, 0.717) is 0 Å². The highest BCUT2D eigenvalue weighted by Gasteiger charge is 1.99. The average Bonchev–Trinajstić information content (AvgIpc) is 2.69. The topological polar surface area (TPSA) is 146 Å². The number of hydrogen-bond donors (Lipinski definition) is 4. The maximum absolute atomic E-state index is 10.2. The smallest absolute Gasteiger partial charge is 0.303 e. The van der Waals surface area contributed by atoms with Crippen LogP contribution in [0, 0.1) is 0 Å². The van der Waals surface area contributed by atoms with Crippen LogP contribution >= 0.6 is 0 Å². The van der Waals surface area contributed by atoms with E-state index >= 15 is 0 Å². The van der Waals surface area contributed by atoms with E-state index in [1.807, 2.05) is 0 Å². The van der Waals surface area contributed by atoms with Gasteiger partial charge >= 0.3 is 11.9 Å². The summed E-state index contributed by atoms with van der Waals surface area (Å²) in [4.78, 5) is 36.3. The predicted octanol–water partition coefficient (Wildman–Crippen LogP) is -0.237. The Morgan fingerprint density at radius 1 is 1.22 bits per heavy atom. The van der Waals surface area contributed by atoms with Gasteiger partial charge in [-0.2, -0.15) is 0 Å². The van der Waals surface area contributed by atoms with E-state index in [4.69, 9.17) is 15.9 Å². The molecule has 8 heteroatoms. The largest absolute Gasteiger partial charge is 0.481 e. The van der Waals surface area contributed by atoms with Gasteiger partial charge in [0, 0.05) is 24.7 Å². The summed E-state index contributed by atoms with van der Waals surface area (Å²) in [7, 11) is 0. The van der Waals surface area contributed by atoms with Gasteiger partial charge in [0.2, 0.25) is 5.91 Å². The molecule has 1 aromatic heterocycles. The number of primary amides is 1. The Morgan fingerprint density at radius 2 is 1.78 bits per heavy atom. The van der Waals surface area contributed by atoms with Crippen molar-refractivity contribution in [3.63, 3.8) is 0 Å². The third-order valence-electron chi connectivity index (χ3n) is 1.70. The van der Waals surface area contributed by atoms with Gasteiger partial charge < -0.3 is 20.9 Å². The van der Waals surface area contributed by atoms with Crippen molar-refractivity contribution in [1.29, 1.82) is 0 Å². The molecule has 0 bridgehead atoms. The summed E-state index contributed by atoms with van der Waals surface area (Å²) in [6.45, 7) is 0. The molecule has 0 aromatic carbocycles. The van der Waals surface area contributed by atoms with Crippen molar-refractivity contribution in [2.75, 3.05) is 0 Å². The van der Waals surface area contributed by atoms with Crippen molar-refractivity contribution >= 4 is 17.8 Å². The van der Waals surface area contributed by atoms with Crippen LogP contribution in [0.3, 0.4) is 0 Å². The fourth-order valence-corrected chi connectivity index (χ4v) is 0.960. The van der Waals surface area contributed by atoms with Gasteiger partial charge in [0.25, 0.3) is 0 Å². The summed E-state index contributed by atoms with van der Waals surface area (Å²) in [5.41, 5.74) is 5.65. The van der Waals surface area contributed by atoms with Crippen LogP contribution in [0.5, 0.6) is 0 Å². The Labute approximate surface area is 103 Å². The Kier molecular flexibility index (Phi) is 7.58. The van der Waals surface area contributed by atoms with E-state index in [0.717, 1.165) is 5.69 Å². The molecule has 0 radical (unpaired) electrons. The molecule has 1 rings (SSSR count). The van der Waals surface area contributed by atoms with Gasteiger partial charge in [-0.05, 0) is 6.42 Å². The number of H-pyrrole nitrogens is 1. The van der Waals surface area contributed by atoms with Gasteiger partial charge in [0.05, 0.1) is 12.7 Å². The van der Waals surface area contributed by atoms with Crippen molar-refractivity contribution in [3.8, 4) is 0 Å². The molecule has 8 nitrogen and oxygen atoms in total. The monoisotopic (exact) mass is 257 g/mol. The highest BCUT2D eigenvalue weighted by molar-refractivity contribution is 5.75. The molecule has 0 aliphatic carbocycles. The van der Waals surface area contributed by atoms with E-state index in [2.05, 4.69) is 9.97 Å². The molecule has 0 atom stereocenters. The third-order valence-corrected chi connectivity index (χ3v) is 1.70. The van der Waals surface area contributed by atoms with E-state index in [1.165, 1.54) is 6.33 Å². The van der Waals surface area contributed by atoms with E-state index in [9.17, 15) is 14.4 Å². The van der Waals surface area contributed by atoms with E-state index < -0.39 is 11.9 Å². The molecule has 0 saturated heterocycles. The zero-order valence-electron chi connectivity index (χ0n) is 9.63. The maximum atomic E-state index is 10.2. The molecule has 1 heterocycles. The van der Waals surface area contributed by atoms with E-state index in [1.54, 1.807) is 6.20 Å². The number of aromatic amines is 1. The molecule has 0 fully saturated rings. The zero-order chi connectivity index (χ0) is 14.0. The van der Waals surface area contributed by atoms with Crippen LogP contribution < -0.4 is 5.73 Å². The molecule has 0 unspecified atom stereocenters. The summed E-state index contributed by atoms with van der Waals surface area (Å²) in [6, 6.07) is 0. The zero-order valence-corrected chi connectivity index (χ0v) is 9.63. The van der Waals surface area contributed by atoms with Crippen LogP contribution in [-0.4, -0.2) is 38.0 Å². The number of hydrogen-bond acceptors (Lipinski definition) is 4. The minimum atomic E-state index is -0.948. The lowest BCUT2D eigenvalue weighted by molar-refractivity contribution is -0.138. The van der Waals surface area contributed by atoms with Crippen molar-refractivity contribution in [3.05, 3.63) is 18.2 Å². The predicted molar refractivity (Wildman–Crippen MR) is 60.6 cm³/mol. The first kappa shape index (κ1) is 15.6. The standard InChI is InChI=1S/C5H7N3O.C5H8O4/c6-5(9)1-4-2-7-3-8-4;6-4(7)2-1-3-5(8)9/h2-3H,1H2,(H2,6,9)(H,7,8);1-3H2,(H,6,7)(H,8,9). The molecule has 1 aromatic rings. The lowest BCUT2D eigenvalue weighted by Gasteiger charge is -1.89. The van der Waals surface area contributed by atoms with Crippen LogP contribution in [0.1, 0.15) is 25.0 Å². The highest BCUT2D eigenvalue weighted by atomic mass is 16.4. The summed E-state index contributed by atoms with van der Waals surface area (Å²) in [5.74, 6) is -2.24. The maximum Gasteiger partial charge on any atom is 0.303 e. The number of nitrogens with two attached hydrogens (primary N) is 1. The number of amides is 1. The number of nitrogens with zero attached hydrogens (tertiary/aromatic N) is 1. The van der Waals surface area contributed by atoms with Gasteiger partial charge in [0.1, 0.15) is 0 Å². The molecule has 18 heavy (non-hydrogen) atoms. The molecular weight excluding hydrogens is 242 g/mol. The number of carboxylic acid groups (broad SMARTS) is 2. The second kappa shape index (κ2) is 8.74. The molecule has 0 spiro atoms. The molecule has 1 amide bonds. The fraction of sp³-hybridized carbons (Fsp3) is 0.400. The van der Waals surface area contributed by atoms with Crippen molar-refractivity contribution in [2.45, 2.75) is 25.7 Å². The Morgan fingerprint density at radius 3 is 2.11 bits per heavy atom. The Bertz CT molecular complexity index is 374. The van der Waals surface area contributed by atoms with Gasteiger partial charge in [-0.1, -0.05) is 0 Å². The Balaban J connectivity index is 0.000000321. The first-order valence-electron chi connectivity index (χ1n) is 5.11. The van der Waals surface area contributed by atoms with Gasteiger partial charge in [0.15, 0.2) is 0 Å². The van der Waals surface area contributed by atoms with Gasteiger partial charge in [-0.25, -0.2) is 4.98 Å². The number of aromatic nitrogens is 2. The third kappa shape index (κ3) is 10.1. The molecular formula is C10H15N3O5. The summed E-state index contributed by atoms with van der Waals surface area (Å²) in [5, 5.41) is 16.1. The van der Waals surface area contributed by atoms with E-state index in [-0.39, 0.29) is 31.6 Å². The minimum Gasteiger partial charge on any atom is -0.481 e. The normalized spacial score (nSPS) is 9.11. The number of rotatable bonds is 6. The van der Waals surface area contributed by atoms with Crippen molar-refractivity contribution in [1.82, 2.24) is 9.97 Å². The summed E-state index contributed by atoms with van der Waals surface area (Å²) in [6.07, 6.45) is 3.41. The second-order valence-electron chi connectivity index (χ2n) is 3.36. The number of nitrogens with one attached hydrogen (secondary N) is 1. The van der Waals surface area contributed by atoms with Crippen molar-refractivity contribution < 1.29 is 24.6 Å². The quantitative estimate of drug-likeness (QED) is 0.553. The van der Waals surface area contributed by atoms with Crippen molar-refractivity contribution in [2.24, 2.45) is 5.73 Å². The van der Waals surface area contributed by atoms with Crippen LogP contribution in [-0.2, 0) is 20.8 Å². The SMILES string of the molecule is NC(=O)Cc1cnc[nH]1.O=C(O)CCCC(=O)O. The number of imidazole rings is 1. The van der Waals surface area contributed by atoms with Crippen LogP contribution in [0.25, 0.3) is 0 Å². The number of carbonyl (C=O) groups is 3. The lowest BCUT2D eigenvalue weighted by Crippen LogP contribution is -2.13. The van der Waals surface area contributed by atoms with Crippen LogP contribution in [0.4, 0.5) is 0 Å². The molecule has 5 N–H and O–H groups in total. The number of aliphatic carboxylic acids is 2. The fourth-order valence-electron chi connectivity index (χ4n) is 0.960. The number of carbonyl (C=O) groups excluding carboxylic acids is 1. The number of carboxylic acids is 2. The minimum absolute atomic E-state index is 0.0632. The average molecular weight is 257 g/mol. The molecule has 0 aliphatic rings. The van der Waals surface area contributed by atoms with Gasteiger partial charge in [-0.15, -0.1) is 0 Å². The Hall–Kier alpha value is -2.38. The van der Waals surface area contributed by atoms with Crippen LogP contribution in [0.15, 0.2) is 12.5 Å². The highest BCUT2D eigenvalue weighted by Crippen LogP contribution is 1.93. The first-order valence-corrected chi connectivity index (χ1v) is 5.11. The van der Waals surface area contributed by atoms with Gasteiger partial charge in [-0.3, -0.25) is 14.4 Å². The van der Waals surface area contributed by atoms with Crippen LogP contribution in [0.2, 0.25) is 0 Å². The molecule has 100 valence electrons. The first-order chi connectivity index (χ1) is 8.41. The molecule has 0 aliphatic heterocycles. The summed E-state index contributed by atoms with van der Waals surface area (Å²) < 4.78 is 0.